The van der Waals surface area contributed by atoms with Crippen LogP contribution in [0.5, 0.6) is 5.75 Å². The molecule has 0 saturated carbocycles. The summed E-state index contributed by atoms with van der Waals surface area (Å²) in [5.74, 6) is 1.41. The van der Waals surface area contributed by atoms with Gasteiger partial charge in [0.25, 0.3) is 0 Å². The number of benzene rings is 1. The fourth-order valence-electron chi connectivity index (χ4n) is 2.73. The molecule has 2 rings (SSSR count). The molecule has 20 heavy (non-hydrogen) atoms. The number of piperidine rings is 1. The fraction of sp³-hybridized carbons (Fsp3) is 0.562. The standard InChI is InChI=1S/C16H24N2O2/c1-12(17)14-6-4-8-18(11-14)16(19)10-13-5-3-7-15(9-13)20-2/h3,5,7,9,12,14H,4,6,8,10-11,17H2,1-2H3. The molecule has 1 saturated heterocycles. The normalized spacial score (nSPS) is 20.6. The molecule has 0 bridgehead atoms. The van der Waals surface area contributed by atoms with Gasteiger partial charge in [0, 0.05) is 19.1 Å². The highest BCUT2D eigenvalue weighted by molar-refractivity contribution is 5.79. The van der Waals surface area contributed by atoms with Gasteiger partial charge in [-0.2, -0.15) is 0 Å². The van der Waals surface area contributed by atoms with Crippen molar-refractivity contribution in [3.63, 3.8) is 0 Å². The molecule has 0 aromatic heterocycles. The van der Waals surface area contributed by atoms with Gasteiger partial charge in [-0.15, -0.1) is 0 Å². The number of ether oxygens (including phenoxy) is 1. The van der Waals surface area contributed by atoms with Gasteiger partial charge >= 0.3 is 0 Å². The SMILES string of the molecule is COc1cccc(CC(=O)N2CCCC(C(C)N)C2)c1. The second-order valence-corrected chi connectivity index (χ2v) is 5.63. The van der Waals surface area contributed by atoms with Crippen LogP contribution >= 0.6 is 0 Å². The average molecular weight is 276 g/mol. The molecule has 4 heteroatoms. The second kappa shape index (κ2) is 6.75. The highest BCUT2D eigenvalue weighted by Gasteiger charge is 2.25. The van der Waals surface area contributed by atoms with E-state index in [1.54, 1.807) is 7.11 Å². The molecule has 2 unspecified atom stereocenters. The van der Waals surface area contributed by atoms with Crippen molar-refractivity contribution in [1.29, 1.82) is 0 Å². The van der Waals surface area contributed by atoms with E-state index in [9.17, 15) is 4.79 Å². The van der Waals surface area contributed by atoms with Gasteiger partial charge in [-0.25, -0.2) is 0 Å². The molecular weight excluding hydrogens is 252 g/mol. The van der Waals surface area contributed by atoms with Gasteiger partial charge in [-0.3, -0.25) is 4.79 Å². The number of methoxy groups -OCH3 is 1. The van der Waals surface area contributed by atoms with E-state index in [4.69, 9.17) is 10.5 Å². The van der Waals surface area contributed by atoms with Crippen molar-refractivity contribution in [2.45, 2.75) is 32.2 Å². The molecule has 1 fully saturated rings. The minimum Gasteiger partial charge on any atom is -0.497 e. The van der Waals surface area contributed by atoms with Crippen molar-refractivity contribution in [3.8, 4) is 5.75 Å². The summed E-state index contributed by atoms with van der Waals surface area (Å²) < 4.78 is 5.19. The number of nitrogens with two attached hydrogens (primary N) is 1. The van der Waals surface area contributed by atoms with Gasteiger partial charge in [-0.1, -0.05) is 12.1 Å². The van der Waals surface area contributed by atoms with Crippen LogP contribution in [0.3, 0.4) is 0 Å². The lowest BCUT2D eigenvalue weighted by atomic mass is 9.92. The first kappa shape index (κ1) is 14.9. The zero-order valence-corrected chi connectivity index (χ0v) is 12.3. The lowest BCUT2D eigenvalue weighted by Crippen LogP contribution is -2.45. The molecule has 1 amide bonds. The molecule has 110 valence electrons. The zero-order valence-electron chi connectivity index (χ0n) is 12.3. The predicted molar refractivity (Wildman–Crippen MR) is 79.7 cm³/mol. The Hall–Kier alpha value is -1.55. The molecule has 1 heterocycles. The summed E-state index contributed by atoms with van der Waals surface area (Å²) in [6.07, 6.45) is 2.61. The second-order valence-electron chi connectivity index (χ2n) is 5.63. The number of hydrogen-bond acceptors (Lipinski definition) is 3. The maximum atomic E-state index is 12.4. The molecule has 0 aliphatic carbocycles. The van der Waals surface area contributed by atoms with Crippen molar-refractivity contribution >= 4 is 5.91 Å². The van der Waals surface area contributed by atoms with E-state index in [1.807, 2.05) is 36.1 Å². The maximum absolute atomic E-state index is 12.4. The molecule has 0 radical (unpaired) electrons. The molecule has 2 N–H and O–H groups in total. The molecule has 0 spiro atoms. The molecule has 1 aromatic rings. The summed E-state index contributed by atoms with van der Waals surface area (Å²) in [5, 5.41) is 0. The predicted octanol–water partition coefficient (Wildman–Crippen LogP) is 1.82. The number of hydrogen-bond donors (Lipinski definition) is 1. The highest BCUT2D eigenvalue weighted by atomic mass is 16.5. The van der Waals surface area contributed by atoms with Crippen molar-refractivity contribution in [2.24, 2.45) is 11.7 Å². The topological polar surface area (TPSA) is 55.6 Å². The molecule has 4 nitrogen and oxygen atoms in total. The highest BCUT2D eigenvalue weighted by Crippen LogP contribution is 2.20. The Morgan fingerprint density at radius 1 is 1.55 bits per heavy atom. The van der Waals surface area contributed by atoms with Gasteiger partial charge < -0.3 is 15.4 Å². The van der Waals surface area contributed by atoms with E-state index in [0.29, 0.717) is 12.3 Å². The summed E-state index contributed by atoms with van der Waals surface area (Å²) in [4.78, 5) is 14.3. The fourth-order valence-corrected chi connectivity index (χ4v) is 2.73. The average Bonchev–Trinajstić information content (AvgIpc) is 2.47. The van der Waals surface area contributed by atoms with Crippen LogP contribution in [-0.4, -0.2) is 37.0 Å². The maximum Gasteiger partial charge on any atom is 0.227 e. The van der Waals surface area contributed by atoms with E-state index in [1.165, 1.54) is 0 Å². The van der Waals surface area contributed by atoms with E-state index in [2.05, 4.69) is 0 Å². The minimum absolute atomic E-state index is 0.155. The van der Waals surface area contributed by atoms with Gasteiger partial charge in [0.15, 0.2) is 0 Å². The van der Waals surface area contributed by atoms with Crippen LogP contribution in [0.25, 0.3) is 0 Å². The Morgan fingerprint density at radius 3 is 3.05 bits per heavy atom. The van der Waals surface area contributed by atoms with Crippen LogP contribution in [0.4, 0.5) is 0 Å². The molecule has 1 aliphatic heterocycles. The first-order chi connectivity index (χ1) is 9.60. The van der Waals surface area contributed by atoms with Crippen LogP contribution in [0, 0.1) is 5.92 Å². The number of carbonyl (C=O) groups excluding carboxylic acids is 1. The third-order valence-electron chi connectivity index (χ3n) is 4.04. The van der Waals surface area contributed by atoms with Crippen LogP contribution in [-0.2, 0) is 11.2 Å². The van der Waals surface area contributed by atoms with Crippen molar-refractivity contribution < 1.29 is 9.53 Å². The van der Waals surface area contributed by atoms with Gasteiger partial charge in [-0.05, 0) is 43.4 Å². The quantitative estimate of drug-likeness (QED) is 0.912. The number of nitrogens with zero attached hydrogens (tertiary/aromatic N) is 1. The summed E-state index contributed by atoms with van der Waals surface area (Å²) in [5.41, 5.74) is 6.96. The van der Waals surface area contributed by atoms with Crippen LogP contribution in [0.1, 0.15) is 25.3 Å². The van der Waals surface area contributed by atoms with Crippen LogP contribution < -0.4 is 10.5 Å². The third-order valence-corrected chi connectivity index (χ3v) is 4.04. The molecule has 2 atom stereocenters. The van der Waals surface area contributed by atoms with E-state index in [-0.39, 0.29) is 11.9 Å². The van der Waals surface area contributed by atoms with E-state index < -0.39 is 0 Å². The monoisotopic (exact) mass is 276 g/mol. The van der Waals surface area contributed by atoms with Gasteiger partial charge in [0.2, 0.25) is 5.91 Å². The van der Waals surface area contributed by atoms with Crippen LogP contribution in [0.15, 0.2) is 24.3 Å². The van der Waals surface area contributed by atoms with Crippen LogP contribution in [0.2, 0.25) is 0 Å². The Labute approximate surface area is 120 Å². The number of amides is 1. The first-order valence-corrected chi connectivity index (χ1v) is 7.26. The lowest BCUT2D eigenvalue weighted by Gasteiger charge is -2.34. The zero-order chi connectivity index (χ0) is 14.5. The Morgan fingerprint density at radius 2 is 2.35 bits per heavy atom. The van der Waals surface area contributed by atoms with Gasteiger partial charge in [0.1, 0.15) is 5.75 Å². The summed E-state index contributed by atoms with van der Waals surface area (Å²) in [6, 6.07) is 7.85. The molecular formula is C16H24N2O2. The van der Waals surface area contributed by atoms with Crippen molar-refractivity contribution in [2.75, 3.05) is 20.2 Å². The van der Waals surface area contributed by atoms with E-state index in [0.717, 1.165) is 37.2 Å². The first-order valence-electron chi connectivity index (χ1n) is 7.26. The lowest BCUT2D eigenvalue weighted by molar-refractivity contribution is -0.132. The smallest absolute Gasteiger partial charge is 0.227 e. The number of likely N-dealkylation sites (tertiary alicyclic amines) is 1. The minimum atomic E-state index is 0.155. The van der Waals surface area contributed by atoms with Crippen molar-refractivity contribution in [3.05, 3.63) is 29.8 Å². The third kappa shape index (κ3) is 3.73. The molecule has 1 aliphatic rings. The van der Waals surface area contributed by atoms with Gasteiger partial charge in [0.05, 0.1) is 13.5 Å². The number of carbonyl (C=O) groups is 1. The Kier molecular flexibility index (Phi) is 5.01. The summed E-state index contributed by atoms with van der Waals surface area (Å²) in [6.45, 7) is 3.67. The molecule has 1 aromatic carbocycles. The Balaban J connectivity index is 1.97. The largest absolute Gasteiger partial charge is 0.497 e. The van der Waals surface area contributed by atoms with Crippen molar-refractivity contribution in [1.82, 2.24) is 4.90 Å². The van der Waals surface area contributed by atoms with E-state index >= 15 is 0 Å². The number of rotatable bonds is 4. The summed E-state index contributed by atoms with van der Waals surface area (Å²) >= 11 is 0. The Bertz CT molecular complexity index is 460. The summed E-state index contributed by atoms with van der Waals surface area (Å²) in [7, 11) is 1.64.